The zero-order valence-corrected chi connectivity index (χ0v) is 15.5. The normalized spacial score (nSPS) is 10.9. The molecular weight excluding hydrogens is 356 g/mol. The number of fused-ring (bicyclic) bond motifs is 1. The second-order valence-electron chi connectivity index (χ2n) is 6.07. The molecule has 0 aliphatic carbocycles. The van der Waals surface area contributed by atoms with Gasteiger partial charge in [0.25, 0.3) is 0 Å². The van der Waals surface area contributed by atoms with Gasteiger partial charge >= 0.3 is 6.01 Å². The van der Waals surface area contributed by atoms with Gasteiger partial charge in [0.15, 0.2) is 0 Å². The van der Waals surface area contributed by atoms with E-state index in [0.29, 0.717) is 31.3 Å². The van der Waals surface area contributed by atoms with E-state index in [9.17, 15) is 0 Å². The molecule has 3 aromatic heterocycles. The zero-order valence-electron chi connectivity index (χ0n) is 15.5. The number of methoxy groups -OCH3 is 1. The number of anilines is 1. The van der Waals surface area contributed by atoms with E-state index < -0.39 is 0 Å². The van der Waals surface area contributed by atoms with Crippen molar-refractivity contribution in [2.24, 2.45) is 0 Å². The molecule has 0 atom stereocenters. The Kier molecular flexibility index (Phi) is 5.44. The number of pyridine rings is 1. The van der Waals surface area contributed by atoms with E-state index in [1.165, 1.54) is 0 Å². The number of rotatable bonds is 8. The predicted molar refractivity (Wildman–Crippen MR) is 106 cm³/mol. The summed E-state index contributed by atoms with van der Waals surface area (Å²) in [7, 11) is 1.62. The Labute approximate surface area is 162 Å². The maximum Gasteiger partial charge on any atom is 0.321 e. The zero-order chi connectivity index (χ0) is 19.2. The lowest BCUT2D eigenvalue weighted by Crippen LogP contribution is -2.09. The molecular formula is C21H20N4O3. The van der Waals surface area contributed by atoms with Crippen LogP contribution in [-0.4, -0.2) is 35.3 Å². The Balaban J connectivity index is 1.72. The number of furan rings is 1. The van der Waals surface area contributed by atoms with Gasteiger partial charge in [-0.25, -0.2) is 0 Å². The molecule has 0 aliphatic rings. The molecule has 1 N–H and O–H groups in total. The van der Waals surface area contributed by atoms with E-state index in [2.05, 4.69) is 20.3 Å². The van der Waals surface area contributed by atoms with Crippen molar-refractivity contribution >= 4 is 16.9 Å². The highest BCUT2D eigenvalue weighted by Gasteiger charge is 2.17. The molecule has 7 nitrogen and oxygen atoms in total. The fourth-order valence-corrected chi connectivity index (χ4v) is 2.84. The Morgan fingerprint density at radius 3 is 2.64 bits per heavy atom. The molecule has 3 heterocycles. The van der Waals surface area contributed by atoms with Gasteiger partial charge in [-0.05, 0) is 17.7 Å². The molecule has 0 radical (unpaired) electrons. The first-order valence-corrected chi connectivity index (χ1v) is 8.95. The van der Waals surface area contributed by atoms with Crippen LogP contribution in [0.4, 0.5) is 5.82 Å². The standard InChI is InChI=1S/C21H20N4O3/c1-26-11-12-27-21-24-19(23-13-16-9-5-6-10-22-16)18-17(14-28-20(18)25-21)15-7-3-2-4-8-15/h2-10,14H,11-13H2,1H3,(H,23,24,25). The fourth-order valence-electron chi connectivity index (χ4n) is 2.84. The number of nitrogens with zero attached hydrogens (tertiary/aromatic N) is 3. The lowest BCUT2D eigenvalue weighted by molar-refractivity contribution is 0.141. The minimum absolute atomic E-state index is 0.238. The lowest BCUT2D eigenvalue weighted by Gasteiger charge is -2.10. The molecule has 0 bridgehead atoms. The van der Waals surface area contributed by atoms with Gasteiger partial charge in [0.2, 0.25) is 5.71 Å². The topological polar surface area (TPSA) is 82.3 Å². The summed E-state index contributed by atoms with van der Waals surface area (Å²) >= 11 is 0. The van der Waals surface area contributed by atoms with Crippen LogP contribution in [0.25, 0.3) is 22.2 Å². The summed E-state index contributed by atoms with van der Waals surface area (Å²) in [6.45, 7) is 1.32. The summed E-state index contributed by atoms with van der Waals surface area (Å²) < 4.78 is 16.3. The van der Waals surface area contributed by atoms with Crippen molar-refractivity contribution in [2.45, 2.75) is 6.54 Å². The molecule has 4 aromatic rings. The van der Waals surface area contributed by atoms with Crippen LogP contribution in [0.1, 0.15) is 5.69 Å². The van der Waals surface area contributed by atoms with E-state index >= 15 is 0 Å². The van der Waals surface area contributed by atoms with Gasteiger partial charge in [-0.2, -0.15) is 9.97 Å². The van der Waals surface area contributed by atoms with E-state index in [0.717, 1.165) is 22.2 Å². The summed E-state index contributed by atoms with van der Waals surface area (Å²) in [6.07, 6.45) is 3.46. The van der Waals surface area contributed by atoms with Crippen LogP contribution in [0.2, 0.25) is 0 Å². The van der Waals surface area contributed by atoms with Crippen LogP contribution in [0.5, 0.6) is 6.01 Å². The SMILES string of the molecule is COCCOc1nc(NCc2ccccn2)c2c(-c3ccccc3)coc2n1. The molecule has 7 heteroatoms. The van der Waals surface area contributed by atoms with Crippen molar-refractivity contribution in [1.29, 1.82) is 0 Å². The smallest absolute Gasteiger partial charge is 0.321 e. The molecule has 4 rings (SSSR count). The van der Waals surface area contributed by atoms with Gasteiger partial charge in [0.05, 0.1) is 24.2 Å². The van der Waals surface area contributed by atoms with Crippen LogP contribution in [0, 0.1) is 0 Å². The third kappa shape index (κ3) is 3.94. The van der Waals surface area contributed by atoms with Crippen molar-refractivity contribution in [2.75, 3.05) is 25.6 Å². The molecule has 0 amide bonds. The van der Waals surface area contributed by atoms with Crippen molar-refractivity contribution in [1.82, 2.24) is 15.0 Å². The second-order valence-corrected chi connectivity index (χ2v) is 6.07. The van der Waals surface area contributed by atoms with Crippen LogP contribution in [0.15, 0.2) is 65.4 Å². The van der Waals surface area contributed by atoms with Crippen LogP contribution < -0.4 is 10.1 Å². The van der Waals surface area contributed by atoms with Gasteiger partial charge in [-0.3, -0.25) is 4.98 Å². The summed E-state index contributed by atoms with van der Waals surface area (Å²) in [5.74, 6) is 0.635. The van der Waals surface area contributed by atoms with Crippen molar-refractivity contribution in [3.63, 3.8) is 0 Å². The summed E-state index contributed by atoms with van der Waals surface area (Å²) in [5, 5.41) is 4.15. The fraction of sp³-hybridized carbons (Fsp3) is 0.190. The molecule has 0 fully saturated rings. The molecule has 0 unspecified atom stereocenters. The van der Waals surface area contributed by atoms with Gasteiger partial charge in [0, 0.05) is 18.9 Å². The monoisotopic (exact) mass is 376 g/mol. The third-order valence-electron chi connectivity index (χ3n) is 4.18. The molecule has 142 valence electrons. The number of nitrogens with one attached hydrogen (secondary N) is 1. The maximum atomic E-state index is 5.73. The molecule has 0 spiro atoms. The highest BCUT2D eigenvalue weighted by Crippen LogP contribution is 2.35. The van der Waals surface area contributed by atoms with E-state index in [-0.39, 0.29) is 6.01 Å². The highest BCUT2D eigenvalue weighted by molar-refractivity contribution is 5.99. The number of aromatic nitrogens is 3. The van der Waals surface area contributed by atoms with Gasteiger partial charge in [-0.1, -0.05) is 36.4 Å². The molecule has 0 saturated carbocycles. The van der Waals surface area contributed by atoms with Gasteiger partial charge in [0.1, 0.15) is 18.7 Å². The Hall–Kier alpha value is -3.45. The van der Waals surface area contributed by atoms with Crippen LogP contribution in [0.3, 0.4) is 0 Å². The molecule has 0 aliphatic heterocycles. The number of ether oxygens (including phenoxy) is 2. The Morgan fingerprint density at radius 1 is 1.00 bits per heavy atom. The largest absolute Gasteiger partial charge is 0.461 e. The third-order valence-corrected chi connectivity index (χ3v) is 4.18. The Morgan fingerprint density at radius 2 is 1.86 bits per heavy atom. The second kappa shape index (κ2) is 8.49. The lowest BCUT2D eigenvalue weighted by atomic mass is 10.1. The maximum absolute atomic E-state index is 5.73. The number of benzene rings is 1. The van der Waals surface area contributed by atoms with E-state index in [1.807, 2.05) is 48.5 Å². The van der Waals surface area contributed by atoms with Crippen LogP contribution >= 0.6 is 0 Å². The van der Waals surface area contributed by atoms with Gasteiger partial charge in [-0.15, -0.1) is 0 Å². The number of hydrogen-bond acceptors (Lipinski definition) is 7. The Bertz CT molecular complexity index is 1040. The summed E-state index contributed by atoms with van der Waals surface area (Å²) in [5.41, 5.74) is 3.31. The van der Waals surface area contributed by atoms with Crippen molar-refractivity contribution < 1.29 is 13.9 Å². The first-order valence-electron chi connectivity index (χ1n) is 8.95. The summed E-state index contributed by atoms with van der Waals surface area (Å²) in [4.78, 5) is 13.3. The van der Waals surface area contributed by atoms with E-state index in [4.69, 9.17) is 13.9 Å². The van der Waals surface area contributed by atoms with Crippen molar-refractivity contribution in [3.8, 4) is 17.1 Å². The molecule has 1 aromatic carbocycles. The minimum Gasteiger partial charge on any atom is -0.461 e. The van der Waals surface area contributed by atoms with Crippen molar-refractivity contribution in [3.05, 3.63) is 66.7 Å². The quantitative estimate of drug-likeness (QED) is 0.467. The molecule has 28 heavy (non-hydrogen) atoms. The van der Waals surface area contributed by atoms with E-state index in [1.54, 1.807) is 19.6 Å². The van der Waals surface area contributed by atoms with Gasteiger partial charge < -0.3 is 19.2 Å². The molecule has 0 saturated heterocycles. The predicted octanol–water partition coefficient (Wildman–Crippen LogP) is 3.92. The average Bonchev–Trinajstić information content (AvgIpc) is 3.18. The first-order chi connectivity index (χ1) is 13.8. The number of hydrogen-bond donors (Lipinski definition) is 1. The average molecular weight is 376 g/mol. The summed E-state index contributed by atoms with van der Waals surface area (Å²) in [6, 6.07) is 16.0. The highest BCUT2D eigenvalue weighted by atomic mass is 16.5. The minimum atomic E-state index is 0.238. The van der Waals surface area contributed by atoms with Crippen LogP contribution in [-0.2, 0) is 11.3 Å². The first kappa shape index (κ1) is 17.9.